The second-order valence-corrected chi connectivity index (χ2v) is 5.84. The molecule has 0 spiro atoms. The SMILES string of the molecule is COc1cc(C(=O)Nc2ccc(N3CCCC3)nn2)cc(OC)c1OC. The summed E-state index contributed by atoms with van der Waals surface area (Å²) in [4.78, 5) is 14.7. The van der Waals surface area contributed by atoms with Gasteiger partial charge in [-0.15, -0.1) is 10.2 Å². The van der Waals surface area contributed by atoms with E-state index in [4.69, 9.17) is 14.2 Å². The van der Waals surface area contributed by atoms with E-state index in [0.29, 0.717) is 28.6 Å². The summed E-state index contributed by atoms with van der Waals surface area (Å²) in [5.74, 6) is 2.12. The Hall–Kier alpha value is -3.03. The van der Waals surface area contributed by atoms with E-state index in [2.05, 4.69) is 20.4 Å². The number of hydrogen-bond acceptors (Lipinski definition) is 7. The summed E-state index contributed by atoms with van der Waals surface area (Å²) in [5, 5.41) is 11.0. The van der Waals surface area contributed by atoms with Crippen LogP contribution in [-0.2, 0) is 0 Å². The van der Waals surface area contributed by atoms with Crippen molar-refractivity contribution in [1.29, 1.82) is 0 Å². The third-order valence-electron chi connectivity index (χ3n) is 4.25. The molecular weight excluding hydrogens is 336 g/mol. The van der Waals surface area contributed by atoms with E-state index in [9.17, 15) is 4.79 Å². The molecule has 8 nitrogen and oxygen atoms in total. The zero-order chi connectivity index (χ0) is 18.5. The molecule has 0 aliphatic carbocycles. The number of ether oxygens (including phenoxy) is 3. The standard InChI is InChI=1S/C18H22N4O4/c1-24-13-10-12(11-14(25-2)17(13)26-3)18(23)19-15-6-7-16(21-20-15)22-8-4-5-9-22/h6-7,10-11H,4-5,8-9H2,1-3H3,(H,19,20,23). The minimum absolute atomic E-state index is 0.340. The van der Waals surface area contributed by atoms with Gasteiger partial charge in [0.15, 0.2) is 23.1 Å². The van der Waals surface area contributed by atoms with Crippen molar-refractivity contribution in [3.05, 3.63) is 29.8 Å². The van der Waals surface area contributed by atoms with Crippen molar-refractivity contribution in [1.82, 2.24) is 10.2 Å². The van der Waals surface area contributed by atoms with E-state index in [1.807, 2.05) is 6.07 Å². The Balaban J connectivity index is 1.77. The molecule has 1 amide bonds. The Morgan fingerprint density at radius 2 is 1.65 bits per heavy atom. The van der Waals surface area contributed by atoms with Crippen LogP contribution in [0.1, 0.15) is 23.2 Å². The van der Waals surface area contributed by atoms with Crippen LogP contribution in [0.3, 0.4) is 0 Å². The molecular formula is C18H22N4O4. The van der Waals surface area contributed by atoms with Gasteiger partial charge in [0.1, 0.15) is 0 Å². The number of benzene rings is 1. The minimum atomic E-state index is -0.340. The van der Waals surface area contributed by atoms with Crippen LogP contribution in [0.5, 0.6) is 17.2 Å². The summed E-state index contributed by atoms with van der Waals surface area (Å²) in [6.07, 6.45) is 2.34. The Labute approximate surface area is 152 Å². The van der Waals surface area contributed by atoms with Gasteiger partial charge in [-0.05, 0) is 37.1 Å². The van der Waals surface area contributed by atoms with Gasteiger partial charge in [-0.3, -0.25) is 4.79 Å². The van der Waals surface area contributed by atoms with Crippen LogP contribution in [0, 0.1) is 0 Å². The number of carbonyl (C=O) groups excluding carboxylic acids is 1. The maximum absolute atomic E-state index is 12.5. The molecule has 138 valence electrons. The third-order valence-corrected chi connectivity index (χ3v) is 4.25. The number of rotatable bonds is 6. The second-order valence-electron chi connectivity index (χ2n) is 5.84. The number of nitrogens with zero attached hydrogens (tertiary/aromatic N) is 3. The van der Waals surface area contributed by atoms with Crippen LogP contribution in [0.15, 0.2) is 24.3 Å². The Kier molecular flexibility index (Phi) is 5.40. The number of amides is 1. The molecule has 1 fully saturated rings. The van der Waals surface area contributed by atoms with Gasteiger partial charge in [0.2, 0.25) is 5.75 Å². The first-order valence-electron chi connectivity index (χ1n) is 8.36. The largest absolute Gasteiger partial charge is 0.493 e. The molecule has 2 aromatic rings. The molecule has 1 aliphatic heterocycles. The maximum atomic E-state index is 12.5. The van der Waals surface area contributed by atoms with Crippen LogP contribution in [0.25, 0.3) is 0 Å². The number of anilines is 2. The summed E-state index contributed by atoms with van der Waals surface area (Å²) < 4.78 is 15.8. The number of carbonyl (C=O) groups is 1. The maximum Gasteiger partial charge on any atom is 0.257 e. The highest BCUT2D eigenvalue weighted by atomic mass is 16.5. The summed E-state index contributed by atoms with van der Waals surface area (Å²) in [5.41, 5.74) is 0.366. The topological polar surface area (TPSA) is 85.8 Å². The minimum Gasteiger partial charge on any atom is -0.493 e. The summed E-state index contributed by atoms with van der Waals surface area (Å²) in [7, 11) is 4.51. The fourth-order valence-electron chi connectivity index (χ4n) is 2.91. The number of hydrogen-bond donors (Lipinski definition) is 1. The van der Waals surface area contributed by atoms with Gasteiger partial charge in [-0.25, -0.2) is 0 Å². The Morgan fingerprint density at radius 1 is 1.00 bits per heavy atom. The molecule has 0 atom stereocenters. The lowest BCUT2D eigenvalue weighted by molar-refractivity contribution is 0.102. The van der Waals surface area contributed by atoms with Crippen molar-refractivity contribution in [3.8, 4) is 17.2 Å². The van der Waals surface area contributed by atoms with Gasteiger partial charge in [0.05, 0.1) is 21.3 Å². The monoisotopic (exact) mass is 358 g/mol. The van der Waals surface area contributed by atoms with Gasteiger partial charge in [-0.1, -0.05) is 0 Å². The van der Waals surface area contributed by atoms with Gasteiger partial charge in [-0.2, -0.15) is 0 Å². The predicted molar refractivity (Wildman–Crippen MR) is 97.5 cm³/mol. The fourth-order valence-corrected chi connectivity index (χ4v) is 2.91. The molecule has 0 bridgehead atoms. The van der Waals surface area contributed by atoms with Gasteiger partial charge in [0, 0.05) is 18.7 Å². The molecule has 0 saturated carbocycles. The summed E-state index contributed by atoms with van der Waals surface area (Å²) in [6, 6.07) is 6.78. The number of nitrogens with one attached hydrogen (secondary N) is 1. The normalized spacial score (nSPS) is 13.4. The van der Waals surface area contributed by atoms with E-state index in [0.717, 1.165) is 18.9 Å². The lowest BCUT2D eigenvalue weighted by atomic mass is 10.1. The van der Waals surface area contributed by atoms with Crippen molar-refractivity contribution in [2.24, 2.45) is 0 Å². The third kappa shape index (κ3) is 3.63. The fraction of sp³-hybridized carbons (Fsp3) is 0.389. The second kappa shape index (κ2) is 7.90. The molecule has 1 saturated heterocycles. The molecule has 1 aromatic carbocycles. The smallest absolute Gasteiger partial charge is 0.257 e. The summed E-state index contributed by atoms with van der Waals surface area (Å²) in [6.45, 7) is 1.98. The number of methoxy groups -OCH3 is 3. The average Bonchev–Trinajstić information content (AvgIpc) is 3.22. The molecule has 1 aliphatic rings. The van der Waals surface area contributed by atoms with Crippen molar-refractivity contribution in [3.63, 3.8) is 0 Å². The van der Waals surface area contributed by atoms with E-state index in [1.165, 1.54) is 34.2 Å². The van der Waals surface area contributed by atoms with Gasteiger partial charge in [0.25, 0.3) is 5.91 Å². The highest BCUT2D eigenvalue weighted by molar-refractivity contribution is 6.04. The highest BCUT2D eigenvalue weighted by Gasteiger charge is 2.18. The summed E-state index contributed by atoms with van der Waals surface area (Å²) >= 11 is 0. The van der Waals surface area contributed by atoms with Crippen LogP contribution in [-0.4, -0.2) is 50.5 Å². The van der Waals surface area contributed by atoms with Crippen LogP contribution >= 0.6 is 0 Å². The van der Waals surface area contributed by atoms with E-state index in [-0.39, 0.29) is 5.91 Å². The quantitative estimate of drug-likeness (QED) is 0.848. The van der Waals surface area contributed by atoms with Crippen molar-refractivity contribution < 1.29 is 19.0 Å². The van der Waals surface area contributed by atoms with Crippen LogP contribution in [0.4, 0.5) is 11.6 Å². The first kappa shape index (κ1) is 17.8. The molecule has 3 rings (SSSR count). The highest BCUT2D eigenvalue weighted by Crippen LogP contribution is 2.38. The van der Waals surface area contributed by atoms with Crippen LogP contribution in [0.2, 0.25) is 0 Å². The molecule has 2 heterocycles. The molecule has 1 N–H and O–H groups in total. The first-order chi connectivity index (χ1) is 12.7. The van der Waals surface area contributed by atoms with E-state index >= 15 is 0 Å². The average molecular weight is 358 g/mol. The lowest BCUT2D eigenvalue weighted by Crippen LogP contribution is -2.20. The molecule has 26 heavy (non-hydrogen) atoms. The number of aromatic nitrogens is 2. The van der Waals surface area contributed by atoms with Gasteiger partial charge >= 0.3 is 0 Å². The molecule has 1 aromatic heterocycles. The van der Waals surface area contributed by atoms with Gasteiger partial charge < -0.3 is 24.4 Å². The van der Waals surface area contributed by atoms with E-state index < -0.39 is 0 Å². The Bertz CT molecular complexity index is 748. The molecule has 0 unspecified atom stereocenters. The van der Waals surface area contributed by atoms with Crippen molar-refractivity contribution in [2.75, 3.05) is 44.6 Å². The van der Waals surface area contributed by atoms with E-state index in [1.54, 1.807) is 18.2 Å². The first-order valence-corrected chi connectivity index (χ1v) is 8.36. The predicted octanol–water partition coefficient (Wildman–Crippen LogP) is 2.35. The Morgan fingerprint density at radius 3 is 2.15 bits per heavy atom. The van der Waals surface area contributed by atoms with Crippen molar-refractivity contribution in [2.45, 2.75) is 12.8 Å². The van der Waals surface area contributed by atoms with Crippen LogP contribution < -0.4 is 24.4 Å². The molecule has 8 heteroatoms. The zero-order valence-electron chi connectivity index (χ0n) is 15.1. The van der Waals surface area contributed by atoms with Crippen molar-refractivity contribution >= 4 is 17.5 Å². The zero-order valence-corrected chi connectivity index (χ0v) is 15.1. The lowest BCUT2D eigenvalue weighted by Gasteiger charge is -2.16. The molecule has 0 radical (unpaired) electrons.